The maximum absolute atomic E-state index is 13.3. The van der Waals surface area contributed by atoms with Crippen LogP contribution in [-0.2, 0) is 14.3 Å². The molecule has 7 heteroatoms. The van der Waals surface area contributed by atoms with Crippen molar-refractivity contribution >= 4 is 33.8 Å². The van der Waals surface area contributed by atoms with Gasteiger partial charge in [0.25, 0.3) is 5.91 Å². The zero-order valence-corrected chi connectivity index (χ0v) is 21.2. The molecule has 2 amide bonds. The fourth-order valence-electron chi connectivity index (χ4n) is 5.14. The number of likely N-dealkylation sites (tertiary alicyclic amines) is 1. The molecule has 1 N–H and O–H groups in total. The van der Waals surface area contributed by atoms with Crippen molar-refractivity contribution < 1.29 is 14.3 Å². The van der Waals surface area contributed by atoms with Crippen LogP contribution in [0.3, 0.4) is 0 Å². The highest BCUT2D eigenvalue weighted by Gasteiger charge is 2.42. The van der Waals surface area contributed by atoms with E-state index in [1.54, 1.807) is 11.0 Å². The zero-order valence-electron chi connectivity index (χ0n) is 19.6. The number of piperidine rings is 1. The number of fused-ring (bicyclic) bond motifs is 1. The lowest BCUT2D eigenvalue weighted by atomic mass is 9.89. The van der Waals surface area contributed by atoms with Crippen molar-refractivity contribution in [3.63, 3.8) is 0 Å². The number of benzene rings is 1. The maximum Gasteiger partial charge on any atom is 0.289 e. The molecule has 2 heterocycles. The lowest BCUT2D eigenvalue weighted by Gasteiger charge is -2.44. The second-order valence-electron chi connectivity index (χ2n) is 9.73. The Kier molecular flexibility index (Phi) is 8.47. The fourth-order valence-corrected chi connectivity index (χ4v) is 5.55. The molecule has 4 rings (SSSR count). The summed E-state index contributed by atoms with van der Waals surface area (Å²) >= 11 is 3.48. The van der Waals surface area contributed by atoms with E-state index in [4.69, 9.17) is 4.74 Å². The summed E-state index contributed by atoms with van der Waals surface area (Å²) in [6.07, 6.45) is 9.20. The minimum Gasteiger partial charge on any atom is -0.482 e. The normalized spacial score (nSPS) is 25.6. The molecular weight excluding hydrogens is 482 g/mol. The summed E-state index contributed by atoms with van der Waals surface area (Å²) in [5.74, 6) is 0.903. The Labute approximate surface area is 205 Å². The third-order valence-corrected chi connectivity index (χ3v) is 7.62. The van der Waals surface area contributed by atoms with Crippen LogP contribution in [0.25, 0.3) is 6.08 Å². The number of rotatable bonds is 7. The van der Waals surface area contributed by atoms with Crippen molar-refractivity contribution in [3.05, 3.63) is 40.1 Å². The van der Waals surface area contributed by atoms with Gasteiger partial charge in [-0.2, -0.15) is 0 Å². The van der Waals surface area contributed by atoms with Gasteiger partial charge in [0.15, 0.2) is 5.76 Å². The Balaban J connectivity index is 1.34. The van der Waals surface area contributed by atoms with Crippen LogP contribution in [0.1, 0.15) is 57.4 Å². The van der Waals surface area contributed by atoms with Crippen LogP contribution in [0.5, 0.6) is 0 Å². The molecule has 1 aliphatic carbocycles. The minimum atomic E-state index is -0.185. The summed E-state index contributed by atoms with van der Waals surface area (Å²) < 4.78 is 7.10. The van der Waals surface area contributed by atoms with Gasteiger partial charge in [-0.25, -0.2) is 0 Å². The first-order valence-corrected chi connectivity index (χ1v) is 13.2. The largest absolute Gasteiger partial charge is 0.482 e. The molecule has 1 saturated carbocycles. The summed E-state index contributed by atoms with van der Waals surface area (Å²) in [5, 5.41) is 3.04. The lowest BCUT2D eigenvalue weighted by molar-refractivity contribution is -0.151. The molecule has 2 unspecified atom stereocenters. The predicted octanol–water partition coefficient (Wildman–Crippen LogP) is 4.20. The van der Waals surface area contributed by atoms with Gasteiger partial charge in [0.1, 0.15) is 12.6 Å². The molecular formula is C26H36BrN3O3. The van der Waals surface area contributed by atoms with Gasteiger partial charge < -0.3 is 19.9 Å². The standard InChI is InChI=1S/C26H36BrN3O3/c1-19-10-14-29(15-11-19)13-5-12-28-25(31)18-30-22-8-2-3-9-23(22)33-24(26(30)32)17-20-6-4-7-21(27)16-20/h4,6-7,16-17,19,22-23H,2-3,5,8-15,18H2,1H3,(H,28,31)/b24-17+. The van der Waals surface area contributed by atoms with Gasteiger partial charge in [0.2, 0.25) is 5.91 Å². The highest BCUT2D eigenvalue weighted by atomic mass is 79.9. The topological polar surface area (TPSA) is 61.9 Å². The van der Waals surface area contributed by atoms with Gasteiger partial charge in [0, 0.05) is 11.0 Å². The van der Waals surface area contributed by atoms with Crippen molar-refractivity contribution in [2.45, 2.75) is 64.0 Å². The van der Waals surface area contributed by atoms with Crippen molar-refractivity contribution in [2.75, 3.05) is 32.7 Å². The Hall–Kier alpha value is -1.86. The lowest BCUT2D eigenvalue weighted by Crippen LogP contribution is -2.57. The highest BCUT2D eigenvalue weighted by molar-refractivity contribution is 9.10. The Morgan fingerprint density at radius 1 is 1.21 bits per heavy atom. The van der Waals surface area contributed by atoms with Crippen molar-refractivity contribution in [1.82, 2.24) is 15.1 Å². The van der Waals surface area contributed by atoms with E-state index in [0.717, 1.165) is 67.7 Å². The van der Waals surface area contributed by atoms with Gasteiger partial charge in [-0.05, 0) is 87.8 Å². The molecule has 2 aliphatic heterocycles. The summed E-state index contributed by atoms with van der Waals surface area (Å²) in [5.41, 5.74) is 0.901. The first kappa shape index (κ1) is 24.3. The number of hydrogen-bond acceptors (Lipinski definition) is 4. The number of hydrogen-bond donors (Lipinski definition) is 1. The molecule has 0 radical (unpaired) electrons. The predicted molar refractivity (Wildman–Crippen MR) is 133 cm³/mol. The van der Waals surface area contributed by atoms with Gasteiger partial charge in [0.05, 0.1) is 6.04 Å². The van der Waals surface area contributed by atoms with Crippen molar-refractivity contribution in [1.29, 1.82) is 0 Å². The third kappa shape index (κ3) is 6.60. The Morgan fingerprint density at radius 2 is 2.00 bits per heavy atom. The van der Waals surface area contributed by atoms with E-state index in [1.165, 1.54) is 12.8 Å². The molecule has 3 fully saturated rings. The average Bonchev–Trinajstić information content (AvgIpc) is 2.81. The third-order valence-electron chi connectivity index (χ3n) is 7.13. The summed E-state index contributed by atoms with van der Waals surface area (Å²) in [7, 11) is 0. The van der Waals surface area contributed by atoms with Crippen LogP contribution in [-0.4, -0.2) is 66.5 Å². The van der Waals surface area contributed by atoms with Crippen LogP contribution in [0, 0.1) is 5.92 Å². The van der Waals surface area contributed by atoms with Crippen LogP contribution >= 0.6 is 15.9 Å². The van der Waals surface area contributed by atoms with Crippen LogP contribution in [0.2, 0.25) is 0 Å². The van der Waals surface area contributed by atoms with E-state index in [0.29, 0.717) is 12.3 Å². The molecule has 0 bridgehead atoms. The molecule has 2 saturated heterocycles. The molecule has 1 aromatic rings. The number of carbonyl (C=O) groups excluding carboxylic acids is 2. The average molecular weight is 518 g/mol. The smallest absolute Gasteiger partial charge is 0.289 e. The van der Waals surface area contributed by atoms with Gasteiger partial charge in [-0.1, -0.05) is 41.4 Å². The van der Waals surface area contributed by atoms with Crippen molar-refractivity contribution in [2.24, 2.45) is 5.92 Å². The summed E-state index contributed by atoms with van der Waals surface area (Å²) in [6, 6.07) is 7.76. The first-order chi connectivity index (χ1) is 16.0. The fraction of sp³-hybridized carbons (Fsp3) is 0.615. The number of nitrogens with one attached hydrogen (secondary N) is 1. The molecule has 6 nitrogen and oxygen atoms in total. The SMILES string of the molecule is CC1CCN(CCCNC(=O)CN2C(=O)/C(=C\c3cccc(Br)c3)OC3CCCCC32)CC1. The molecule has 3 aliphatic rings. The van der Waals surface area contributed by atoms with E-state index in [2.05, 4.69) is 33.1 Å². The van der Waals surface area contributed by atoms with Gasteiger partial charge >= 0.3 is 0 Å². The highest BCUT2D eigenvalue weighted by Crippen LogP contribution is 2.33. The second-order valence-corrected chi connectivity index (χ2v) is 10.6. The molecule has 0 spiro atoms. The van der Waals surface area contributed by atoms with E-state index < -0.39 is 0 Å². The number of nitrogens with zero attached hydrogens (tertiary/aromatic N) is 2. The summed E-state index contributed by atoms with van der Waals surface area (Å²) in [6.45, 7) is 6.41. The number of halogens is 1. The molecule has 180 valence electrons. The number of morpholine rings is 1. The molecule has 1 aromatic carbocycles. The zero-order chi connectivity index (χ0) is 23.2. The van der Waals surface area contributed by atoms with E-state index in [1.807, 2.05) is 24.3 Å². The van der Waals surface area contributed by atoms with E-state index >= 15 is 0 Å². The minimum absolute atomic E-state index is 0.0213. The quantitative estimate of drug-likeness (QED) is 0.434. The molecule has 33 heavy (non-hydrogen) atoms. The van der Waals surface area contributed by atoms with Crippen LogP contribution in [0.15, 0.2) is 34.5 Å². The first-order valence-electron chi connectivity index (χ1n) is 12.4. The van der Waals surface area contributed by atoms with Gasteiger partial charge in [-0.15, -0.1) is 0 Å². The second kappa shape index (κ2) is 11.5. The van der Waals surface area contributed by atoms with E-state index in [-0.39, 0.29) is 30.5 Å². The maximum atomic E-state index is 13.3. The Morgan fingerprint density at radius 3 is 2.79 bits per heavy atom. The van der Waals surface area contributed by atoms with Crippen molar-refractivity contribution in [3.8, 4) is 0 Å². The van der Waals surface area contributed by atoms with Gasteiger partial charge in [-0.3, -0.25) is 9.59 Å². The van der Waals surface area contributed by atoms with E-state index in [9.17, 15) is 9.59 Å². The monoisotopic (exact) mass is 517 g/mol. The molecule has 0 aromatic heterocycles. The number of amides is 2. The molecule has 2 atom stereocenters. The van der Waals surface area contributed by atoms with Crippen LogP contribution in [0.4, 0.5) is 0 Å². The number of carbonyl (C=O) groups is 2. The summed E-state index contributed by atoms with van der Waals surface area (Å²) in [4.78, 5) is 30.3. The Bertz CT molecular complexity index is 866. The number of ether oxygens (including phenoxy) is 1. The van der Waals surface area contributed by atoms with Crippen LogP contribution < -0.4 is 5.32 Å².